The summed E-state index contributed by atoms with van der Waals surface area (Å²) in [7, 11) is 2.15. The SMILES string of the molecule is CCCCCOC1CN(C)CC(C)N1. The molecule has 0 radical (unpaired) electrons. The Morgan fingerprint density at radius 3 is 2.79 bits per heavy atom. The molecule has 1 aliphatic heterocycles. The Bertz CT molecular complexity index is 142. The Morgan fingerprint density at radius 2 is 2.14 bits per heavy atom. The lowest BCUT2D eigenvalue weighted by Crippen LogP contribution is -2.55. The quantitative estimate of drug-likeness (QED) is 0.680. The molecule has 0 saturated carbocycles. The van der Waals surface area contributed by atoms with Crippen molar-refractivity contribution in [3.05, 3.63) is 0 Å². The Morgan fingerprint density at radius 1 is 1.36 bits per heavy atom. The number of ether oxygens (including phenoxy) is 1. The van der Waals surface area contributed by atoms with E-state index in [1.807, 2.05) is 0 Å². The minimum absolute atomic E-state index is 0.237. The lowest BCUT2D eigenvalue weighted by molar-refractivity contribution is -0.0218. The average Bonchev–Trinajstić information content (AvgIpc) is 2.11. The smallest absolute Gasteiger partial charge is 0.121 e. The van der Waals surface area contributed by atoms with E-state index in [1.54, 1.807) is 0 Å². The van der Waals surface area contributed by atoms with E-state index in [4.69, 9.17) is 4.74 Å². The van der Waals surface area contributed by atoms with Gasteiger partial charge < -0.3 is 9.64 Å². The van der Waals surface area contributed by atoms with Crippen LogP contribution in [0.1, 0.15) is 33.1 Å². The maximum absolute atomic E-state index is 5.77. The maximum atomic E-state index is 5.77. The van der Waals surface area contributed by atoms with Crippen molar-refractivity contribution in [3.63, 3.8) is 0 Å². The summed E-state index contributed by atoms with van der Waals surface area (Å²) >= 11 is 0. The minimum Gasteiger partial charge on any atom is -0.362 e. The van der Waals surface area contributed by atoms with Gasteiger partial charge in [0.15, 0.2) is 0 Å². The molecule has 1 N–H and O–H groups in total. The topological polar surface area (TPSA) is 24.5 Å². The van der Waals surface area contributed by atoms with Gasteiger partial charge in [0.2, 0.25) is 0 Å². The van der Waals surface area contributed by atoms with Crippen molar-refractivity contribution in [2.24, 2.45) is 0 Å². The fraction of sp³-hybridized carbons (Fsp3) is 1.00. The first kappa shape index (κ1) is 12.0. The number of likely N-dealkylation sites (N-methyl/N-ethyl adjacent to an activating group) is 1. The molecule has 2 atom stereocenters. The molecule has 0 aliphatic carbocycles. The lowest BCUT2D eigenvalue weighted by atomic mass is 10.2. The predicted molar refractivity (Wildman–Crippen MR) is 59.4 cm³/mol. The van der Waals surface area contributed by atoms with Crippen LogP contribution in [0.25, 0.3) is 0 Å². The summed E-state index contributed by atoms with van der Waals surface area (Å²) in [6.45, 7) is 7.45. The fourth-order valence-electron chi connectivity index (χ4n) is 1.93. The summed E-state index contributed by atoms with van der Waals surface area (Å²) in [4.78, 5) is 2.33. The van der Waals surface area contributed by atoms with Crippen molar-refractivity contribution in [1.29, 1.82) is 0 Å². The zero-order chi connectivity index (χ0) is 10.4. The molecule has 0 bridgehead atoms. The molecule has 2 unspecified atom stereocenters. The average molecular weight is 200 g/mol. The van der Waals surface area contributed by atoms with Gasteiger partial charge in [0.1, 0.15) is 6.23 Å². The molecule has 84 valence electrons. The third kappa shape index (κ3) is 4.40. The number of rotatable bonds is 5. The second-order valence-electron chi connectivity index (χ2n) is 4.36. The molecule has 3 nitrogen and oxygen atoms in total. The molecule has 0 aromatic carbocycles. The summed E-state index contributed by atoms with van der Waals surface area (Å²) < 4.78 is 5.77. The molecule has 1 aliphatic rings. The summed E-state index contributed by atoms with van der Waals surface area (Å²) in [5.41, 5.74) is 0. The predicted octanol–water partition coefficient (Wildman–Crippen LogP) is 1.44. The number of hydrogen-bond donors (Lipinski definition) is 1. The molecule has 1 rings (SSSR count). The van der Waals surface area contributed by atoms with E-state index < -0.39 is 0 Å². The molecular weight excluding hydrogens is 176 g/mol. The monoisotopic (exact) mass is 200 g/mol. The maximum Gasteiger partial charge on any atom is 0.121 e. The van der Waals surface area contributed by atoms with Crippen LogP contribution in [0.5, 0.6) is 0 Å². The second-order valence-corrected chi connectivity index (χ2v) is 4.36. The number of hydrogen-bond acceptors (Lipinski definition) is 3. The van der Waals surface area contributed by atoms with E-state index in [0.717, 1.165) is 19.7 Å². The number of unbranched alkanes of at least 4 members (excludes halogenated alkanes) is 2. The summed E-state index contributed by atoms with van der Waals surface area (Å²) in [5, 5.41) is 3.46. The molecule has 14 heavy (non-hydrogen) atoms. The van der Waals surface area contributed by atoms with E-state index in [9.17, 15) is 0 Å². The van der Waals surface area contributed by atoms with Crippen LogP contribution < -0.4 is 5.32 Å². The highest BCUT2D eigenvalue weighted by atomic mass is 16.5. The third-order valence-corrected chi connectivity index (χ3v) is 2.60. The van der Waals surface area contributed by atoms with Crippen LogP contribution >= 0.6 is 0 Å². The summed E-state index contributed by atoms with van der Waals surface area (Å²) in [5.74, 6) is 0. The van der Waals surface area contributed by atoms with Gasteiger partial charge in [-0.1, -0.05) is 19.8 Å². The van der Waals surface area contributed by atoms with Crippen LogP contribution in [-0.4, -0.2) is 43.9 Å². The number of nitrogens with one attached hydrogen (secondary N) is 1. The fourth-order valence-corrected chi connectivity index (χ4v) is 1.93. The number of nitrogens with zero attached hydrogens (tertiary/aromatic N) is 1. The Labute approximate surface area is 87.8 Å². The highest BCUT2D eigenvalue weighted by Crippen LogP contribution is 2.04. The van der Waals surface area contributed by atoms with Crippen molar-refractivity contribution in [2.45, 2.75) is 45.4 Å². The van der Waals surface area contributed by atoms with Crippen LogP contribution in [0, 0.1) is 0 Å². The molecule has 1 heterocycles. The Balaban J connectivity index is 2.10. The van der Waals surface area contributed by atoms with Crippen molar-refractivity contribution in [1.82, 2.24) is 10.2 Å². The molecule has 3 heteroatoms. The van der Waals surface area contributed by atoms with Crippen molar-refractivity contribution in [2.75, 3.05) is 26.7 Å². The van der Waals surface area contributed by atoms with E-state index in [2.05, 4.69) is 31.1 Å². The first-order valence-electron chi connectivity index (χ1n) is 5.78. The summed E-state index contributed by atoms with van der Waals surface area (Å²) in [6, 6.07) is 0.546. The van der Waals surface area contributed by atoms with Gasteiger partial charge in [0.05, 0.1) is 0 Å². The first-order chi connectivity index (χ1) is 6.72. The van der Waals surface area contributed by atoms with Gasteiger partial charge in [-0.2, -0.15) is 0 Å². The van der Waals surface area contributed by atoms with Crippen LogP contribution in [0.3, 0.4) is 0 Å². The normalized spacial score (nSPS) is 29.4. The molecular formula is C11H24N2O. The highest BCUT2D eigenvalue weighted by molar-refractivity contribution is 4.76. The lowest BCUT2D eigenvalue weighted by Gasteiger charge is -2.35. The standard InChI is InChI=1S/C11H24N2O/c1-4-5-6-7-14-11-9-13(3)8-10(2)12-11/h10-12H,4-9H2,1-3H3. The van der Waals surface area contributed by atoms with Gasteiger partial charge in [-0.25, -0.2) is 0 Å². The summed E-state index contributed by atoms with van der Waals surface area (Å²) in [6.07, 6.45) is 3.96. The van der Waals surface area contributed by atoms with E-state index in [0.29, 0.717) is 6.04 Å². The van der Waals surface area contributed by atoms with Crippen LogP contribution in [-0.2, 0) is 4.74 Å². The Hall–Kier alpha value is -0.120. The van der Waals surface area contributed by atoms with Crippen molar-refractivity contribution < 1.29 is 4.74 Å². The van der Waals surface area contributed by atoms with Gasteiger partial charge in [-0.15, -0.1) is 0 Å². The first-order valence-corrected chi connectivity index (χ1v) is 5.78. The molecule has 0 aromatic rings. The minimum atomic E-state index is 0.237. The molecule has 1 saturated heterocycles. The zero-order valence-electron chi connectivity index (χ0n) is 9.75. The molecule has 0 spiro atoms. The third-order valence-electron chi connectivity index (χ3n) is 2.60. The van der Waals surface area contributed by atoms with Crippen LogP contribution in [0.2, 0.25) is 0 Å². The van der Waals surface area contributed by atoms with Crippen LogP contribution in [0.15, 0.2) is 0 Å². The van der Waals surface area contributed by atoms with Crippen molar-refractivity contribution >= 4 is 0 Å². The zero-order valence-corrected chi connectivity index (χ0v) is 9.75. The largest absolute Gasteiger partial charge is 0.362 e. The van der Waals surface area contributed by atoms with E-state index in [1.165, 1.54) is 19.3 Å². The van der Waals surface area contributed by atoms with Gasteiger partial charge >= 0.3 is 0 Å². The molecule has 1 fully saturated rings. The van der Waals surface area contributed by atoms with Gasteiger partial charge in [0, 0.05) is 25.7 Å². The second kappa shape index (κ2) is 6.38. The Kier molecular flexibility index (Phi) is 5.45. The molecule has 0 aromatic heterocycles. The van der Waals surface area contributed by atoms with Crippen LogP contribution in [0.4, 0.5) is 0 Å². The highest BCUT2D eigenvalue weighted by Gasteiger charge is 2.21. The van der Waals surface area contributed by atoms with Gasteiger partial charge in [-0.3, -0.25) is 5.32 Å². The van der Waals surface area contributed by atoms with E-state index >= 15 is 0 Å². The van der Waals surface area contributed by atoms with E-state index in [-0.39, 0.29) is 6.23 Å². The van der Waals surface area contributed by atoms with Gasteiger partial charge in [-0.05, 0) is 20.4 Å². The number of piperazine rings is 1. The molecule has 0 amide bonds. The van der Waals surface area contributed by atoms with Gasteiger partial charge in [0.25, 0.3) is 0 Å². The van der Waals surface area contributed by atoms with Crippen molar-refractivity contribution in [3.8, 4) is 0 Å².